The molecule has 0 saturated heterocycles. The van der Waals surface area contributed by atoms with E-state index in [9.17, 15) is 4.79 Å². The fourth-order valence-electron chi connectivity index (χ4n) is 2.51. The van der Waals surface area contributed by atoms with E-state index in [1.54, 1.807) is 0 Å². The summed E-state index contributed by atoms with van der Waals surface area (Å²) in [7, 11) is 0. The van der Waals surface area contributed by atoms with Crippen molar-refractivity contribution in [3.05, 3.63) is 78.9 Å². The van der Waals surface area contributed by atoms with Crippen molar-refractivity contribution >= 4 is 23.0 Å². The van der Waals surface area contributed by atoms with Crippen LogP contribution in [0.5, 0.6) is 11.5 Å². The lowest BCUT2D eigenvalue weighted by Gasteiger charge is -2.13. The second-order valence-corrected chi connectivity index (χ2v) is 5.78. The predicted octanol–water partition coefficient (Wildman–Crippen LogP) is 4.85. The van der Waals surface area contributed by atoms with Crippen LogP contribution < -0.4 is 20.1 Å². The van der Waals surface area contributed by atoms with E-state index >= 15 is 0 Å². The molecule has 0 fully saturated rings. The summed E-state index contributed by atoms with van der Waals surface area (Å²) in [4.78, 5) is 12.0. The maximum atomic E-state index is 12.0. The highest BCUT2D eigenvalue weighted by atomic mass is 16.5. The van der Waals surface area contributed by atoms with Gasteiger partial charge >= 0.3 is 0 Å². The van der Waals surface area contributed by atoms with Gasteiger partial charge in [-0.2, -0.15) is 0 Å². The molecule has 3 aromatic rings. The molecule has 3 rings (SSSR count). The highest BCUT2D eigenvalue weighted by Crippen LogP contribution is 2.27. The minimum Gasteiger partial charge on any atom is -0.492 e. The molecule has 0 saturated carbocycles. The molecular weight excluding hydrogens is 340 g/mol. The van der Waals surface area contributed by atoms with E-state index in [0.717, 1.165) is 17.1 Å². The van der Waals surface area contributed by atoms with Crippen LogP contribution in [0.4, 0.5) is 17.1 Å². The van der Waals surface area contributed by atoms with E-state index in [1.165, 1.54) is 0 Å². The molecule has 27 heavy (non-hydrogen) atoms. The van der Waals surface area contributed by atoms with Crippen molar-refractivity contribution in [1.29, 1.82) is 0 Å². The standard InChI is InChI=1S/C22H22N2O3/c1-2-26-21-11-7-6-10-20(21)23-17-12-14-18(15-13-17)24-22(25)16-27-19-8-4-3-5-9-19/h3-15,23H,2,16H2,1H3,(H,24,25). The second kappa shape index (κ2) is 9.29. The third-order valence-corrected chi connectivity index (χ3v) is 3.75. The summed E-state index contributed by atoms with van der Waals surface area (Å²) in [6.45, 7) is 2.52. The molecule has 0 atom stereocenters. The zero-order valence-electron chi connectivity index (χ0n) is 15.1. The zero-order valence-corrected chi connectivity index (χ0v) is 15.1. The average Bonchev–Trinajstić information content (AvgIpc) is 2.70. The molecule has 0 aliphatic rings. The van der Waals surface area contributed by atoms with Gasteiger partial charge in [0.25, 0.3) is 5.91 Å². The molecular formula is C22H22N2O3. The van der Waals surface area contributed by atoms with Gasteiger partial charge in [0, 0.05) is 11.4 Å². The molecule has 2 N–H and O–H groups in total. The maximum Gasteiger partial charge on any atom is 0.262 e. The number of amides is 1. The quantitative estimate of drug-likeness (QED) is 0.602. The molecule has 0 bridgehead atoms. The molecule has 138 valence electrons. The first-order valence-corrected chi connectivity index (χ1v) is 8.81. The lowest BCUT2D eigenvalue weighted by Crippen LogP contribution is -2.20. The van der Waals surface area contributed by atoms with Crippen molar-refractivity contribution < 1.29 is 14.3 Å². The van der Waals surface area contributed by atoms with Gasteiger partial charge in [0.2, 0.25) is 0 Å². The molecule has 0 aromatic heterocycles. The second-order valence-electron chi connectivity index (χ2n) is 5.78. The summed E-state index contributed by atoms with van der Waals surface area (Å²) in [6.07, 6.45) is 0. The Bertz CT molecular complexity index is 864. The average molecular weight is 362 g/mol. The van der Waals surface area contributed by atoms with Crippen LogP contribution in [-0.4, -0.2) is 19.1 Å². The lowest BCUT2D eigenvalue weighted by atomic mass is 10.2. The topological polar surface area (TPSA) is 59.6 Å². The van der Waals surface area contributed by atoms with E-state index in [4.69, 9.17) is 9.47 Å². The Hall–Kier alpha value is -3.47. The first kappa shape index (κ1) is 18.3. The summed E-state index contributed by atoms with van der Waals surface area (Å²) >= 11 is 0. The van der Waals surface area contributed by atoms with Crippen molar-refractivity contribution in [1.82, 2.24) is 0 Å². The van der Waals surface area contributed by atoms with Gasteiger partial charge in [0.05, 0.1) is 12.3 Å². The van der Waals surface area contributed by atoms with Gasteiger partial charge in [0.15, 0.2) is 6.61 Å². The highest BCUT2D eigenvalue weighted by Gasteiger charge is 2.05. The SMILES string of the molecule is CCOc1ccccc1Nc1ccc(NC(=O)COc2ccccc2)cc1. The number of hydrogen-bond donors (Lipinski definition) is 2. The Kier molecular flexibility index (Phi) is 6.30. The Labute approximate surface area is 158 Å². The molecule has 0 aliphatic heterocycles. The smallest absolute Gasteiger partial charge is 0.262 e. The number of benzene rings is 3. The third-order valence-electron chi connectivity index (χ3n) is 3.75. The summed E-state index contributed by atoms with van der Waals surface area (Å²) < 4.78 is 11.1. The molecule has 1 amide bonds. The van der Waals surface area contributed by atoms with Crippen LogP contribution in [0.15, 0.2) is 78.9 Å². The van der Waals surface area contributed by atoms with Gasteiger partial charge in [0.1, 0.15) is 11.5 Å². The zero-order chi connectivity index (χ0) is 18.9. The van der Waals surface area contributed by atoms with E-state index in [1.807, 2.05) is 85.8 Å². The van der Waals surface area contributed by atoms with Crippen LogP contribution in [-0.2, 0) is 4.79 Å². The van der Waals surface area contributed by atoms with Gasteiger partial charge < -0.3 is 20.1 Å². The molecule has 5 nitrogen and oxygen atoms in total. The minimum atomic E-state index is -0.207. The van der Waals surface area contributed by atoms with Crippen LogP contribution in [0.1, 0.15) is 6.92 Å². The Morgan fingerprint density at radius 2 is 1.48 bits per heavy atom. The number of anilines is 3. The van der Waals surface area contributed by atoms with Crippen LogP contribution in [0, 0.1) is 0 Å². The number of ether oxygens (including phenoxy) is 2. The van der Waals surface area contributed by atoms with Gasteiger partial charge in [-0.05, 0) is 55.5 Å². The Morgan fingerprint density at radius 1 is 0.815 bits per heavy atom. The lowest BCUT2D eigenvalue weighted by molar-refractivity contribution is -0.118. The van der Waals surface area contributed by atoms with Crippen LogP contribution >= 0.6 is 0 Å². The van der Waals surface area contributed by atoms with Crippen LogP contribution in [0.3, 0.4) is 0 Å². The van der Waals surface area contributed by atoms with Gasteiger partial charge in [-0.25, -0.2) is 0 Å². The van der Waals surface area contributed by atoms with Crippen molar-refractivity contribution in [3.8, 4) is 11.5 Å². The first-order valence-electron chi connectivity index (χ1n) is 8.81. The molecule has 0 heterocycles. The normalized spacial score (nSPS) is 10.1. The fraction of sp³-hybridized carbons (Fsp3) is 0.136. The van der Waals surface area contributed by atoms with Gasteiger partial charge in [-0.15, -0.1) is 0 Å². The molecule has 0 radical (unpaired) electrons. The van der Waals surface area contributed by atoms with E-state index in [0.29, 0.717) is 18.0 Å². The Morgan fingerprint density at radius 3 is 2.22 bits per heavy atom. The van der Waals surface area contributed by atoms with E-state index < -0.39 is 0 Å². The van der Waals surface area contributed by atoms with Gasteiger partial charge in [-0.1, -0.05) is 30.3 Å². The highest BCUT2D eigenvalue weighted by molar-refractivity contribution is 5.92. The third kappa shape index (κ3) is 5.51. The molecule has 3 aromatic carbocycles. The molecule has 0 spiro atoms. The summed E-state index contributed by atoms with van der Waals surface area (Å²) in [6, 6.07) is 24.5. The number of rotatable bonds is 8. The van der Waals surface area contributed by atoms with Crippen molar-refractivity contribution in [2.45, 2.75) is 6.92 Å². The number of para-hydroxylation sites is 3. The van der Waals surface area contributed by atoms with Crippen LogP contribution in [0.2, 0.25) is 0 Å². The summed E-state index contributed by atoms with van der Waals surface area (Å²) in [5.74, 6) is 1.26. The van der Waals surface area contributed by atoms with Crippen LogP contribution in [0.25, 0.3) is 0 Å². The molecule has 5 heteroatoms. The Balaban J connectivity index is 1.55. The fourth-order valence-corrected chi connectivity index (χ4v) is 2.51. The molecule has 0 aliphatic carbocycles. The minimum absolute atomic E-state index is 0.0360. The summed E-state index contributed by atoms with van der Waals surface area (Å²) in [5, 5.41) is 6.14. The van der Waals surface area contributed by atoms with Crippen molar-refractivity contribution in [3.63, 3.8) is 0 Å². The van der Waals surface area contributed by atoms with E-state index in [2.05, 4.69) is 10.6 Å². The van der Waals surface area contributed by atoms with Crippen molar-refractivity contribution in [2.75, 3.05) is 23.8 Å². The largest absolute Gasteiger partial charge is 0.492 e. The number of nitrogens with one attached hydrogen (secondary N) is 2. The van der Waals surface area contributed by atoms with E-state index in [-0.39, 0.29) is 12.5 Å². The molecule has 0 unspecified atom stereocenters. The predicted molar refractivity (Wildman–Crippen MR) is 108 cm³/mol. The number of hydrogen-bond acceptors (Lipinski definition) is 4. The van der Waals surface area contributed by atoms with Crippen molar-refractivity contribution in [2.24, 2.45) is 0 Å². The number of carbonyl (C=O) groups is 1. The summed E-state index contributed by atoms with van der Waals surface area (Å²) in [5.41, 5.74) is 2.51. The first-order chi connectivity index (χ1) is 13.2. The number of carbonyl (C=O) groups excluding carboxylic acids is 1. The maximum absolute atomic E-state index is 12.0. The monoisotopic (exact) mass is 362 g/mol. The van der Waals surface area contributed by atoms with Gasteiger partial charge in [-0.3, -0.25) is 4.79 Å².